The average Bonchev–Trinajstić information content (AvgIpc) is 2.56. The number of hydrogen-bond acceptors (Lipinski definition) is 6. The number of carboxylic acid groups (broad SMARTS) is 1. The van der Waals surface area contributed by atoms with Crippen molar-refractivity contribution in [2.24, 2.45) is 0 Å². The second-order valence-corrected chi connectivity index (χ2v) is 7.21. The Morgan fingerprint density at radius 2 is 2.08 bits per heavy atom. The van der Waals surface area contributed by atoms with E-state index in [9.17, 15) is 14.7 Å². The summed E-state index contributed by atoms with van der Waals surface area (Å²) in [5, 5.41) is 12.9. The summed E-state index contributed by atoms with van der Waals surface area (Å²) < 4.78 is 5.27. The molecule has 8 heteroatoms. The Labute approximate surface area is 156 Å². The van der Waals surface area contributed by atoms with Crippen LogP contribution in [0.3, 0.4) is 0 Å². The lowest BCUT2D eigenvalue weighted by Gasteiger charge is -2.17. The molecule has 1 aromatic heterocycles. The van der Waals surface area contributed by atoms with Gasteiger partial charge in [0.2, 0.25) is 5.91 Å². The molecule has 7 nitrogen and oxygen atoms in total. The van der Waals surface area contributed by atoms with E-state index in [4.69, 9.17) is 4.74 Å². The molecule has 2 N–H and O–H groups in total. The van der Waals surface area contributed by atoms with E-state index in [-0.39, 0.29) is 18.2 Å². The number of aryl methyl sites for hydroxylation is 1. The van der Waals surface area contributed by atoms with Crippen LogP contribution in [0.5, 0.6) is 5.75 Å². The number of ether oxygens (including phenoxy) is 1. The SMILES string of the molecule is COc1ccc2nc(C)cc(SC[C@@H](NC(=O)CN(C)C)C(=O)O)c2c1. The molecule has 1 atom stereocenters. The molecule has 1 aromatic carbocycles. The predicted molar refractivity (Wildman–Crippen MR) is 102 cm³/mol. The van der Waals surface area contributed by atoms with Gasteiger partial charge in [0.25, 0.3) is 0 Å². The molecular formula is C18H23N3O4S. The first kappa shape index (κ1) is 20.0. The van der Waals surface area contributed by atoms with Gasteiger partial charge in [0, 0.05) is 21.7 Å². The minimum absolute atomic E-state index is 0.142. The number of thioether (sulfide) groups is 1. The second kappa shape index (κ2) is 8.86. The lowest BCUT2D eigenvalue weighted by molar-refractivity contribution is -0.141. The second-order valence-electron chi connectivity index (χ2n) is 6.15. The van der Waals surface area contributed by atoms with Gasteiger partial charge in [-0.1, -0.05) is 0 Å². The van der Waals surface area contributed by atoms with E-state index in [0.29, 0.717) is 5.75 Å². The highest BCUT2D eigenvalue weighted by Crippen LogP contribution is 2.31. The summed E-state index contributed by atoms with van der Waals surface area (Å²) in [7, 11) is 5.10. The first-order valence-electron chi connectivity index (χ1n) is 8.05. The third kappa shape index (κ3) is 5.34. The van der Waals surface area contributed by atoms with Crippen LogP contribution in [0.25, 0.3) is 10.9 Å². The fourth-order valence-electron chi connectivity index (χ4n) is 2.42. The smallest absolute Gasteiger partial charge is 0.327 e. The maximum atomic E-state index is 11.9. The topological polar surface area (TPSA) is 91.8 Å². The molecule has 0 aliphatic carbocycles. The van der Waals surface area contributed by atoms with Crippen LogP contribution in [0, 0.1) is 6.92 Å². The molecule has 2 rings (SSSR count). The summed E-state index contributed by atoms with van der Waals surface area (Å²) in [5.74, 6) is -0.457. The number of pyridine rings is 1. The van der Waals surface area contributed by atoms with Crippen molar-refractivity contribution in [3.63, 3.8) is 0 Å². The van der Waals surface area contributed by atoms with Crippen molar-refractivity contribution < 1.29 is 19.4 Å². The Morgan fingerprint density at radius 3 is 2.69 bits per heavy atom. The summed E-state index contributed by atoms with van der Waals surface area (Å²) in [6.07, 6.45) is 0. The third-order valence-electron chi connectivity index (χ3n) is 3.60. The summed E-state index contributed by atoms with van der Waals surface area (Å²) in [5.41, 5.74) is 1.66. The van der Waals surface area contributed by atoms with Gasteiger partial charge in [-0.25, -0.2) is 4.79 Å². The largest absolute Gasteiger partial charge is 0.497 e. The molecule has 1 amide bonds. The number of likely N-dealkylation sites (N-methyl/N-ethyl adjacent to an activating group) is 1. The zero-order chi connectivity index (χ0) is 19.3. The van der Waals surface area contributed by atoms with Gasteiger partial charge in [0.15, 0.2) is 0 Å². The maximum absolute atomic E-state index is 11.9. The molecule has 2 aromatic rings. The Hall–Kier alpha value is -2.32. The number of aliphatic carboxylic acids is 1. The number of carboxylic acids is 1. The van der Waals surface area contributed by atoms with Gasteiger partial charge in [0.1, 0.15) is 11.8 Å². The van der Waals surface area contributed by atoms with Crippen molar-refractivity contribution in [2.45, 2.75) is 17.9 Å². The molecule has 0 saturated carbocycles. The van der Waals surface area contributed by atoms with Gasteiger partial charge in [0.05, 0.1) is 19.2 Å². The van der Waals surface area contributed by atoms with Crippen LogP contribution in [0.1, 0.15) is 5.69 Å². The van der Waals surface area contributed by atoms with Crippen LogP contribution in [0.15, 0.2) is 29.2 Å². The van der Waals surface area contributed by atoms with Crippen molar-refractivity contribution in [1.29, 1.82) is 0 Å². The van der Waals surface area contributed by atoms with E-state index in [2.05, 4.69) is 10.3 Å². The van der Waals surface area contributed by atoms with Crippen LogP contribution in [-0.4, -0.2) is 66.4 Å². The predicted octanol–water partition coefficient (Wildman–Crippen LogP) is 1.77. The monoisotopic (exact) mass is 377 g/mol. The molecule has 0 aliphatic heterocycles. The molecule has 0 bridgehead atoms. The molecule has 0 aliphatic rings. The van der Waals surface area contributed by atoms with E-state index in [1.165, 1.54) is 11.8 Å². The van der Waals surface area contributed by atoms with E-state index in [1.807, 2.05) is 31.2 Å². The molecular weight excluding hydrogens is 354 g/mol. The van der Waals surface area contributed by atoms with Gasteiger partial charge in [-0.15, -0.1) is 11.8 Å². The lowest BCUT2D eigenvalue weighted by Crippen LogP contribution is -2.45. The van der Waals surface area contributed by atoms with E-state index < -0.39 is 12.0 Å². The quantitative estimate of drug-likeness (QED) is 0.678. The molecule has 0 saturated heterocycles. The van der Waals surface area contributed by atoms with E-state index >= 15 is 0 Å². The maximum Gasteiger partial charge on any atom is 0.327 e. The highest BCUT2D eigenvalue weighted by atomic mass is 32.2. The zero-order valence-corrected chi connectivity index (χ0v) is 16.1. The molecule has 0 fully saturated rings. The van der Waals surface area contributed by atoms with E-state index in [1.54, 1.807) is 26.1 Å². The summed E-state index contributed by atoms with van der Waals surface area (Å²) in [4.78, 5) is 30.5. The fraction of sp³-hybridized carbons (Fsp3) is 0.389. The van der Waals surface area contributed by atoms with Crippen molar-refractivity contribution in [2.75, 3.05) is 33.5 Å². The Kier molecular flexibility index (Phi) is 6.82. The van der Waals surface area contributed by atoms with Gasteiger partial charge in [-0.3, -0.25) is 9.78 Å². The zero-order valence-electron chi connectivity index (χ0n) is 15.3. The number of aromatic nitrogens is 1. The number of hydrogen-bond donors (Lipinski definition) is 2. The number of carbonyl (C=O) groups is 2. The number of benzene rings is 1. The molecule has 0 unspecified atom stereocenters. The summed E-state index contributed by atoms with van der Waals surface area (Å²) in [6.45, 7) is 2.03. The minimum atomic E-state index is -1.06. The number of nitrogens with one attached hydrogen (secondary N) is 1. The number of nitrogens with zero attached hydrogens (tertiary/aromatic N) is 2. The fourth-order valence-corrected chi connectivity index (χ4v) is 3.57. The lowest BCUT2D eigenvalue weighted by atomic mass is 10.2. The molecule has 26 heavy (non-hydrogen) atoms. The number of fused-ring (bicyclic) bond motifs is 1. The van der Waals surface area contributed by atoms with Crippen molar-refractivity contribution in [3.05, 3.63) is 30.0 Å². The van der Waals surface area contributed by atoms with Crippen LogP contribution < -0.4 is 10.1 Å². The number of methoxy groups -OCH3 is 1. The average molecular weight is 377 g/mol. The van der Waals surface area contributed by atoms with Gasteiger partial charge in [-0.2, -0.15) is 0 Å². The van der Waals surface area contributed by atoms with Crippen LogP contribution in [0.4, 0.5) is 0 Å². The first-order valence-corrected chi connectivity index (χ1v) is 9.04. The summed E-state index contributed by atoms with van der Waals surface area (Å²) >= 11 is 1.38. The number of carbonyl (C=O) groups excluding carboxylic acids is 1. The summed E-state index contributed by atoms with van der Waals surface area (Å²) in [6, 6.07) is 6.53. The van der Waals surface area contributed by atoms with Crippen molar-refractivity contribution >= 4 is 34.5 Å². The molecule has 0 radical (unpaired) electrons. The minimum Gasteiger partial charge on any atom is -0.497 e. The molecule has 0 spiro atoms. The van der Waals surface area contributed by atoms with Crippen molar-refractivity contribution in [3.8, 4) is 5.75 Å². The van der Waals surface area contributed by atoms with Gasteiger partial charge in [-0.05, 0) is 45.3 Å². The normalized spacial score (nSPS) is 12.2. The highest BCUT2D eigenvalue weighted by molar-refractivity contribution is 7.99. The van der Waals surface area contributed by atoms with E-state index in [0.717, 1.165) is 21.5 Å². The Morgan fingerprint density at radius 1 is 1.35 bits per heavy atom. The Bertz CT molecular complexity index is 810. The van der Waals surface area contributed by atoms with Gasteiger partial charge < -0.3 is 20.1 Å². The third-order valence-corrected chi connectivity index (χ3v) is 4.75. The van der Waals surface area contributed by atoms with Crippen LogP contribution in [-0.2, 0) is 9.59 Å². The Balaban J connectivity index is 2.20. The number of amides is 1. The van der Waals surface area contributed by atoms with Gasteiger partial charge >= 0.3 is 5.97 Å². The van der Waals surface area contributed by atoms with Crippen LogP contribution >= 0.6 is 11.8 Å². The highest BCUT2D eigenvalue weighted by Gasteiger charge is 2.21. The van der Waals surface area contributed by atoms with Crippen LogP contribution in [0.2, 0.25) is 0 Å². The number of rotatable bonds is 8. The first-order chi connectivity index (χ1) is 12.3. The van der Waals surface area contributed by atoms with Crippen molar-refractivity contribution in [1.82, 2.24) is 15.2 Å². The molecule has 1 heterocycles. The molecule has 140 valence electrons. The standard InChI is InChI=1S/C18H23N3O4S/c1-11-7-16(13-8-12(25-4)5-6-14(13)19-11)26-10-15(18(23)24)20-17(22)9-21(2)3/h5-8,15H,9-10H2,1-4H3,(H,20,22)(H,23,24)/t15-/m1/s1.